The van der Waals surface area contributed by atoms with E-state index in [1.807, 2.05) is 48.5 Å². The second-order valence-corrected chi connectivity index (χ2v) is 21.8. The van der Waals surface area contributed by atoms with Crippen molar-refractivity contribution in [2.75, 3.05) is 24.3 Å². The van der Waals surface area contributed by atoms with Crippen LogP contribution in [0.1, 0.15) is 98.2 Å². The number of carbonyl (C=O) groups is 4. The summed E-state index contributed by atoms with van der Waals surface area (Å²) in [5, 5.41) is 12.8. The van der Waals surface area contributed by atoms with Crippen LogP contribution in [-0.2, 0) is 28.7 Å². The minimum atomic E-state index is -0.224. The average molecular weight is 976 g/mol. The molecule has 13 rings (SSSR count). The first kappa shape index (κ1) is 50.9. The minimum absolute atomic E-state index is 0. The van der Waals surface area contributed by atoms with Crippen LogP contribution >= 0.6 is 31.9 Å². The van der Waals surface area contributed by atoms with Crippen LogP contribution in [0, 0.1) is 94.2 Å². The first-order valence-corrected chi connectivity index (χ1v) is 24.4. The molecule has 63 heavy (non-hydrogen) atoms. The number of aliphatic hydroxyl groups excluding tert-OH is 1. The number of halogens is 2. The Morgan fingerprint density at radius 3 is 1.62 bits per heavy atom. The van der Waals surface area contributed by atoms with Gasteiger partial charge in [-0.15, -0.1) is 0 Å². The van der Waals surface area contributed by atoms with E-state index in [9.17, 15) is 24.3 Å². The number of hydrogen-bond donors (Lipinski definition) is 3. The molecule has 11 fully saturated rings. The second-order valence-electron chi connectivity index (χ2n) is 20.0. The number of benzene rings is 2. The van der Waals surface area contributed by atoms with Gasteiger partial charge in [-0.05, 0) is 183 Å². The maximum Gasteiger partial charge on any atom is 1.00 e. The Labute approximate surface area is 418 Å². The molecule has 329 valence electrons. The van der Waals surface area contributed by atoms with Crippen LogP contribution in [0.2, 0.25) is 0 Å². The van der Waals surface area contributed by atoms with E-state index in [1.54, 1.807) is 0 Å². The number of esters is 3. The van der Waals surface area contributed by atoms with Crippen molar-refractivity contribution in [3.05, 3.63) is 64.4 Å². The van der Waals surface area contributed by atoms with Gasteiger partial charge in [0.25, 0.3) is 0 Å². The van der Waals surface area contributed by atoms with Crippen LogP contribution in [0.15, 0.2) is 57.5 Å². The van der Waals surface area contributed by atoms with Gasteiger partial charge in [-0.25, -0.2) is 0 Å². The van der Waals surface area contributed by atoms with Crippen molar-refractivity contribution in [3.63, 3.8) is 0 Å². The molecule has 9 saturated carbocycles. The molecule has 2 aliphatic heterocycles. The van der Waals surface area contributed by atoms with Crippen molar-refractivity contribution in [2.24, 2.45) is 87.3 Å². The van der Waals surface area contributed by atoms with E-state index in [0.29, 0.717) is 51.8 Å². The van der Waals surface area contributed by atoms with E-state index < -0.39 is 0 Å². The molecule has 12 unspecified atom stereocenters. The summed E-state index contributed by atoms with van der Waals surface area (Å²) in [5.74, 6) is 4.40. The van der Waals surface area contributed by atoms with E-state index in [0.717, 1.165) is 58.0 Å². The van der Waals surface area contributed by atoms with Crippen molar-refractivity contribution in [2.45, 2.75) is 96.8 Å². The average Bonchev–Trinajstić information content (AvgIpc) is 4.16. The number of cyclic esters (lactones) is 3. The maximum atomic E-state index is 12.7. The molecule has 4 N–H and O–H groups in total. The molecule has 2 aromatic rings. The normalized spacial score (nSPS) is 35.9. The van der Waals surface area contributed by atoms with Gasteiger partial charge in [-0.3, -0.25) is 19.2 Å². The molecule has 1 amide bonds. The van der Waals surface area contributed by atoms with Gasteiger partial charge < -0.3 is 34.0 Å². The fraction of sp³-hybridized carbons (Fsp3) is 0.653. The van der Waals surface area contributed by atoms with E-state index in [1.165, 1.54) is 70.6 Å². The summed E-state index contributed by atoms with van der Waals surface area (Å²) >= 11 is 6.69. The van der Waals surface area contributed by atoms with Gasteiger partial charge in [0.2, 0.25) is 5.91 Å². The first-order valence-electron chi connectivity index (χ1n) is 22.8. The Bertz CT molecular complexity index is 1930. The number of carbonyl (C=O) groups excluding carboxylic acids is 4. The first-order chi connectivity index (χ1) is 28.9. The number of nitrogens with one attached hydrogen (secondary N) is 1. The number of ether oxygens (including phenoxy) is 2. The summed E-state index contributed by atoms with van der Waals surface area (Å²) in [6.45, 7) is 6.62. The Hall–Kier alpha value is -1.50. The van der Waals surface area contributed by atoms with Gasteiger partial charge >= 0.3 is 55.6 Å². The van der Waals surface area contributed by atoms with E-state index in [-0.39, 0.29) is 102 Å². The van der Waals surface area contributed by atoms with Crippen molar-refractivity contribution in [1.82, 2.24) is 0 Å². The van der Waals surface area contributed by atoms with Gasteiger partial charge in [0, 0.05) is 47.2 Å². The molecule has 0 aromatic heterocycles. The topological polar surface area (TPSA) is 145 Å². The van der Waals surface area contributed by atoms with Gasteiger partial charge in [0.15, 0.2) is 0 Å². The quantitative estimate of drug-likeness (QED) is 0.139. The van der Waals surface area contributed by atoms with Crippen LogP contribution < -0.4 is 48.8 Å². The number of hydrogen-bond acceptors (Lipinski definition) is 8. The number of nitrogens with two attached hydrogens (primary N) is 1. The number of fused-ring (bicyclic) bond motifs is 6. The van der Waals surface area contributed by atoms with Gasteiger partial charge in [-0.2, -0.15) is 6.42 Å². The van der Waals surface area contributed by atoms with Gasteiger partial charge in [0.05, 0.1) is 24.4 Å². The molecule has 9 nitrogen and oxygen atoms in total. The van der Waals surface area contributed by atoms with E-state index >= 15 is 0 Å². The van der Waals surface area contributed by atoms with Crippen molar-refractivity contribution in [3.8, 4) is 0 Å². The monoisotopic (exact) mass is 973 g/mol. The molecule has 11 aliphatic rings. The summed E-state index contributed by atoms with van der Waals surface area (Å²) in [4.78, 5) is 47.3. The van der Waals surface area contributed by atoms with Crippen LogP contribution in [0.4, 0.5) is 11.4 Å². The molecular weight excluding hydrogens is 913 g/mol. The Morgan fingerprint density at radius 2 is 1.16 bits per heavy atom. The second kappa shape index (κ2) is 20.0. The zero-order chi connectivity index (χ0) is 42.1. The third-order valence-electron chi connectivity index (χ3n) is 17.6. The Morgan fingerprint density at radius 1 is 0.730 bits per heavy atom. The number of nitrogen functional groups attached to an aromatic ring is 1. The molecule has 2 heterocycles. The summed E-state index contributed by atoms with van der Waals surface area (Å²) in [6, 6.07) is 15.2. The Balaban J connectivity index is 0.000000159. The van der Waals surface area contributed by atoms with Crippen LogP contribution in [0.5, 0.6) is 0 Å². The summed E-state index contributed by atoms with van der Waals surface area (Å²) < 4.78 is 12.0. The number of anilines is 2. The fourth-order valence-electron chi connectivity index (χ4n) is 14.8. The van der Waals surface area contributed by atoms with Crippen molar-refractivity contribution >= 4 is 75.5 Å². The molecule has 2 aromatic carbocycles. The largest absolute Gasteiger partial charge is 1.00 e. The number of rotatable bonds is 4. The molecular formula is C49H62BBr2Li2N2O7. The van der Waals surface area contributed by atoms with Crippen LogP contribution in [-0.4, -0.2) is 50.5 Å². The van der Waals surface area contributed by atoms with Gasteiger partial charge in [-0.1, -0.05) is 45.2 Å². The number of amides is 1. The third kappa shape index (κ3) is 8.90. The standard InChI is InChI=1S/C17H20BrNO2.C11H12O3.C11H14O2.C6H6BrN.C4H9.B.2Li.H/c18-10-1-3-11(4-2-10)19-16(21)15-12(9-20)13-5-6-14(15)17(13)7-8-17;12-9-7-5-1-2-6(11(5)3-4-11)8(7)10(13)14-9;12-10-9-6(5-13-10)7-1-2-8(9)11(7)3-4-11;7-5-1-3-6(8)4-2-5;1-3-4-2;;;;/h1-4,12-15,20H,5-9H2,(H,19,21);5-8H,1-4H2;6-9H,1-5H2;1-4H,8H2;1,3-4H2,2H3;;;;/q;;;;-1;;2*+1;-1. The fourth-order valence-corrected chi connectivity index (χ4v) is 15.4. The predicted octanol–water partition coefficient (Wildman–Crippen LogP) is 3.54. The van der Waals surface area contributed by atoms with Gasteiger partial charge in [0.1, 0.15) is 0 Å². The summed E-state index contributed by atoms with van der Waals surface area (Å²) in [7, 11) is 0. The predicted molar refractivity (Wildman–Crippen MR) is 242 cm³/mol. The molecule has 14 heteroatoms. The summed E-state index contributed by atoms with van der Waals surface area (Å²) in [6.07, 6.45) is 17.5. The number of aliphatic hydroxyl groups is 1. The smallest absolute Gasteiger partial charge is 1.00 e. The SMILES string of the molecule is Nc1ccc(Br)cc1.O=C(Nc1ccc(Br)cc1)C1C(CO)C2CCC1C21CC1.O=C1OC(=O)C2C1C1CCC2C12CC2.O=C1OCC2C1C1CCC2C12CC2.[B].[CH2-]CCC.[H-].[Li+].[Li+]. The van der Waals surface area contributed by atoms with Crippen molar-refractivity contribution < 1.29 is 72.9 Å². The zero-order valence-electron chi connectivity index (χ0n) is 38.4. The van der Waals surface area contributed by atoms with Crippen LogP contribution in [0.25, 0.3) is 0 Å². The third-order valence-corrected chi connectivity index (χ3v) is 18.7. The maximum absolute atomic E-state index is 12.7. The molecule has 2 saturated heterocycles. The molecule has 9 aliphatic carbocycles. The summed E-state index contributed by atoms with van der Waals surface area (Å²) in [5.41, 5.74) is 8.51. The molecule has 3 spiro atoms. The van der Waals surface area contributed by atoms with E-state index in [2.05, 4.69) is 51.0 Å². The van der Waals surface area contributed by atoms with Crippen LogP contribution in [0.3, 0.4) is 0 Å². The molecule has 6 bridgehead atoms. The molecule has 12 atom stereocenters. The number of unbranched alkanes of at least 4 members (excludes halogenated alkanes) is 1. The zero-order valence-corrected chi connectivity index (χ0v) is 40.5. The van der Waals surface area contributed by atoms with E-state index in [4.69, 9.17) is 15.2 Å². The molecule has 3 radical (unpaired) electrons. The Kier molecular flexibility index (Phi) is 16.2. The van der Waals surface area contributed by atoms with Crippen molar-refractivity contribution in [1.29, 1.82) is 0 Å². The minimum Gasteiger partial charge on any atom is -1.00 e.